The quantitative estimate of drug-likeness (QED) is 0.919. The monoisotopic (exact) mass is 325 g/mol. The third-order valence-electron chi connectivity index (χ3n) is 4.08. The average molecular weight is 325 g/mol. The number of benzene rings is 1. The van der Waals surface area contributed by atoms with Gasteiger partial charge in [0, 0.05) is 13.1 Å². The van der Waals surface area contributed by atoms with Crippen LogP contribution < -0.4 is 4.90 Å². The van der Waals surface area contributed by atoms with Crippen LogP contribution >= 0.6 is 0 Å². The number of carbonyl (C=O) groups is 1. The number of carboxylic acids is 1. The van der Waals surface area contributed by atoms with Gasteiger partial charge < -0.3 is 10.0 Å². The molecule has 0 aliphatic carbocycles. The number of hydrogen-bond acceptors (Lipinski definition) is 4. The molecule has 1 aliphatic rings. The smallest absolute Gasteiger partial charge is 0.394 e. The number of fused-ring (bicyclic) bond motifs is 1. The predicted octanol–water partition coefficient (Wildman–Crippen LogP) is 2.64. The van der Waals surface area contributed by atoms with E-state index in [9.17, 15) is 18.0 Å². The molecule has 8 heteroatoms. The molecule has 0 spiro atoms. The van der Waals surface area contributed by atoms with Crippen molar-refractivity contribution < 1.29 is 23.1 Å². The van der Waals surface area contributed by atoms with Crippen molar-refractivity contribution in [1.82, 2.24) is 9.97 Å². The summed E-state index contributed by atoms with van der Waals surface area (Å²) in [4.78, 5) is 21.3. The van der Waals surface area contributed by atoms with Gasteiger partial charge in [0.1, 0.15) is 0 Å². The second-order valence-electron chi connectivity index (χ2n) is 5.62. The fourth-order valence-corrected chi connectivity index (χ4v) is 2.94. The molecule has 23 heavy (non-hydrogen) atoms. The normalized spacial score (nSPS) is 21.8. The van der Waals surface area contributed by atoms with E-state index in [4.69, 9.17) is 5.11 Å². The molecule has 0 amide bonds. The second kappa shape index (κ2) is 5.36. The van der Waals surface area contributed by atoms with E-state index in [1.807, 2.05) is 0 Å². The molecule has 122 valence electrons. The van der Waals surface area contributed by atoms with Crippen LogP contribution in [-0.4, -0.2) is 40.3 Å². The van der Waals surface area contributed by atoms with Crippen LogP contribution in [0.5, 0.6) is 0 Å². The number of para-hydroxylation sites is 2. The first-order valence-corrected chi connectivity index (χ1v) is 7.05. The summed E-state index contributed by atoms with van der Waals surface area (Å²) < 4.78 is 39.3. The van der Waals surface area contributed by atoms with E-state index >= 15 is 0 Å². The number of aliphatic carboxylic acids is 1. The van der Waals surface area contributed by atoms with Crippen molar-refractivity contribution >= 4 is 22.8 Å². The maximum Gasteiger partial charge on any atom is 0.394 e. The first-order valence-electron chi connectivity index (χ1n) is 7.05. The first-order chi connectivity index (χ1) is 10.8. The molecule has 1 fully saturated rings. The van der Waals surface area contributed by atoms with Crippen molar-refractivity contribution in [3.63, 3.8) is 0 Å². The van der Waals surface area contributed by atoms with E-state index in [1.165, 1.54) is 4.90 Å². The Kier molecular flexibility index (Phi) is 3.62. The summed E-state index contributed by atoms with van der Waals surface area (Å²) in [6, 6.07) is 7.05. The van der Waals surface area contributed by atoms with E-state index in [0.29, 0.717) is 22.5 Å². The number of alkyl halides is 3. The topological polar surface area (TPSA) is 66.3 Å². The molecule has 5 nitrogen and oxygen atoms in total. The fourth-order valence-electron chi connectivity index (χ4n) is 2.94. The molecule has 3 rings (SSSR count). The Bertz CT molecular complexity index is 763. The summed E-state index contributed by atoms with van der Waals surface area (Å²) in [6.07, 6.45) is -4.56. The summed E-state index contributed by atoms with van der Waals surface area (Å²) in [5.74, 6) is -4.54. The zero-order chi connectivity index (χ0) is 16.8. The van der Waals surface area contributed by atoms with Crippen molar-refractivity contribution in [2.24, 2.45) is 11.8 Å². The van der Waals surface area contributed by atoms with Crippen LogP contribution in [0, 0.1) is 18.8 Å². The van der Waals surface area contributed by atoms with Crippen LogP contribution in [0.2, 0.25) is 0 Å². The van der Waals surface area contributed by atoms with Crippen LogP contribution in [0.4, 0.5) is 19.0 Å². The van der Waals surface area contributed by atoms with Crippen LogP contribution in [0.1, 0.15) is 5.69 Å². The fraction of sp³-hybridized carbons (Fsp3) is 0.400. The Labute approximate surface area is 129 Å². The lowest BCUT2D eigenvalue weighted by molar-refractivity contribution is -0.187. The Morgan fingerprint density at radius 3 is 2.35 bits per heavy atom. The van der Waals surface area contributed by atoms with Crippen LogP contribution in [0.15, 0.2) is 24.3 Å². The van der Waals surface area contributed by atoms with Crippen molar-refractivity contribution in [3.05, 3.63) is 30.0 Å². The molecule has 2 aromatic rings. The standard InChI is InChI=1S/C15H14F3N3O2/c1-8-13(20-12-5-3-2-4-11(12)19-8)21-6-9(14(22)23)10(7-21)15(16,17)18/h2-5,9-10H,6-7H2,1H3,(H,22,23)/t9-,10-/m1/s1. The first kappa shape index (κ1) is 15.5. The second-order valence-corrected chi connectivity index (χ2v) is 5.62. The van der Waals surface area contributed by atoms with Gasteiger partial charge in [-0.1, -0.05) is 12.1 Å². The highest BCUT2D eigenvalue weighted by Crippen LogP contribution is 2.39. The largest absolute Gasteiger partial charge is 0.481 e. The van der Waals surface area contributed by atoms with E-state index in [2.05, 4.69) is 9.97 Å². The number of rotatable bonds is 2. The molecule has 1 aromatic heterocycles. The highest BCUT2D eigenvalue weighted by Gasteiger charge is 2.53. The molecule has 0 radical (unpaired) electrons. The van der Waals surface area contributed by atoms with Crippen molar-refractivity contribution in [2.45, 2.75) is 13.1 Å². The number of anilines is 1. The van der Waals surface area contributed by atoms with E-state index in [1.54, 1.807) is 31.2 Å². The molecule has 2 atom stereocenters. The Morgan fingerprint density at radius 2 is 1.83 bits per heavy atom. The molecule has 1 aliphatic heterocycles. The predicted molar refractivity (Wildman–Crippen MR) is 77.2 cm³/mol. The van der Waals surface area contributed by atoms with Gasteiger partial charge >= 0.3 is 12.1 Å². The molecular weight excluding hydrogens is 311 g/mol. The zero-order valence-corrected chi connectivity index (χ0v) is 12.2. The Morgan fingerprint density at radius 1 is 1.22 bits per heavy atom. The Balaban J connectivity index is 1.99. The van der Waals surface area contributed by atoms with Crippen LogP contribution in [-0.2, 0) is 4.79 Å². The van der Waals surface area contributed by atoms with Gasteiger partial charge in [-0.3, -0.25) is 4.79 Å². The van der Waals surface area contributed by atoms with Gasteiger partial charge in [-0.2, -0.15) is 13.2 Å². The van der Waals surface area contributed by atoms with E-state index in [0.717, 1.165) is 0 Å². The minimum Gasteiger partial charge on any atom is -0.481 e. The van der Waals surface area contributed by atoms with Gasteiger partial charge in [0.05, 0.1) is 28.6 Å². The van der Waals surface area contributed by atoms with Gasteiger partial charge in [0.25, 0.3) is 0 Å². The lowest BCUT2D eigenvalue weighted by Crippen LogP contribution is -2.33. The maximum atomic E-state index is 13.1. The summed E-state index contributed by atoms with van der Waals surface area (Å²) in [5.41, 5.74) is 1.70. The highest BCUT2D eigenvalue weighted by atomic mass is 19.4. The molecule has 0 unspecified atom stereocenters. The van der Waals surface area contributed by atoms with Crippen molar-refractivity contribution in [1.29, 1.82) is 0 Å². The minimum atomic E-state index is -4.56. The number of hydrogen-bond donors (Lipinski definition) is 1. The van der Waals surface area contributed by atoms with Crippen molar-refractivity contribution in [3.8, 4) is 0 Å². The molecular formula is C15H14F3N3O2. The van der Waals surface area contributed by atoms with Gasteiger partial charge in [0.15, 0.2) is 5.82 Å². The summed E-state index contributed by atoms with van der Waals surface area (Å²) >= 11 is 0. The molecule has 1 saturated heterocycles. The van der Waals surface area contributed by atoms with Gasteiger partial charge in [-0.25, -0.2) is 9.97 Å². The average Bonchev–Trinajstić information content (AvgIpc) is 2.92. The lowest BCUT2D eigenvalue weighted by atomic mass is 9.96. The van der Waals surface area contributed by atoms with E-state index < -0.39 is 30.5 Å². The molecule has 1 N–H and O–H groups in total. The number of aryl methyl sites for hydroxylation is 1. The SMILES string of the molecule is Cc1nc2ccccc2nc1N1C[C@@H](C(F)(F)F)[C@H](C(=O)O)C1. The highest BCUT2D eigenvalue weighted by molar-refractivity contribution is 5.77. The lowest BCUT2D eigenvalue weighted by Gasteiger charge is -2.20. The number of halogens is 3. The molecule has 0 saturated carbocycles. The third-order valence-corrected chi connectivity index (χ3v) is 4.08. The Hall–Kier alpha value is -2.38. The maximum absolute atomic E-state index is 13.1. The zero-order valence-electron chi connectivity index (χ0n) is 12.2. The third kappa shape index (κ3) is 2.80. The molecule has 2 heterocycles. The summed E-state index contributed by atoms with van der Waals surface area (Å²) in [6.45, 7) is 1.01. The van der Waals surface area contributed by atoms with Crippen LogP contribution in [0.25, 0.3) is 11.0 Å². The summed E-state index contributed by atoms with van der Waals surface area (Å²) in [5, 5.41) is 9.09. The van der Waals surface area contributed by atoms with Gasteiger partial charge in [-0.15, -0.1) is 0 Å². The van der Waals surface area contributed by atoms with Crippen molar-refractivity contribution in [2.75, 3.05) is 18.0 Å². The number of nitrogens with zero attached hydrogens (tertiary/aromatic N) is 3. The van der Waals surface area contributed by atoms with E-state index in [-0.39, 0.29) is 6.54 Å². The minimum absolute atomic E-state index is 0.229. The number of aromatic nitrogens is 2. The summed E-state index contributed by atoms with van der Waals surface area (Å²) in [7, 11) is 0. The van der Waals surface area contributed by atoms with Gasteiger partial charge in [0.2, 0.25) is 0 Å². The van der Waals surface area contributed by atoms with Gasteiger partial charge in [-0.05, 0) is 19.1 Å². The van der Waals surface area contributed by atoms with Crippen LogP contribution in [0.3, 0.4) is 0 Å². The molecule has 0 bridgehead atoms. The number of carboxylic acid groups (broad SMARTS) is 1. The molecule has 1 aromatic carbocycles.